The van der Waals surface area contributed by atoms with Crippen LogP contribution in [0.4, 0.5) is 18.0 Å². The predicted octanol–water partition coefficient (Wildman–Crippen LogP) is 5.07. The molecule has 2 aromatic rings. The highest BCUT2D eigenvalue weighted by Crippen LogP contribution is 2.29. The van der Waals surface area contributed by atoms with Crippen LogP contribution in [0.1, 0.15) is 48.6 Å². The summed E-state index contributed by atoms with van der Waals surface area (Å²) in [6.07, 6.45) is -6.26. The number of hydrogen-bond acceptors (Lipinski definition) is 4. The van der Waals surface area contributed by atoms with E-state index in [1.54, 1.807) is 38.1 Å². The quantitative estimate of drug-likeness (QED) is 0.570. The summed E-state index contributed by atoms with van der Waals surface area (Å²) in [6.45, 7) is 3.40. The molecule has 0 aromatic heterocycles. The Balaban J connectivity index is 1.93. The van der Waals surface area contributed by atoms with Gasteiger partial charge in [0, 0.05) is 6.54 Å². The fourth-order valence-electron chi connectivity index (χ4n) is 2.85. The van der Waals surface area contributed by atoms with Crippen LogP contribution >= 0.6 is 0 Å². The Morgan fingerprint density at radius 2 is 1.74 bits per heavy atom. The van der Waals surface area contributed by atoms with Gasteiger partial charge in [-0.2, -0.15) is 13.2 Å². The summed E-state index contributed by atoms with van der Waals surface area (Å²) in [5.41, 5.74) is 0.753. The average molecular weight is 439 g/mol. The summed E-state index contributed by atoms with van der Waals surface area (Å²) in [5.74, 6) is -0.993. The third kappa shape index (κ3) is 8.29. The minimum absolute atomic E-state index is 0.0940. The Kier molecular flexibility index (Phi) is 8.44. The van der Waals surface area contributed by atoms with Gasteiger partial charge in [-0.25, -0.2) is 4.79 Å². The van der Waals surface area contributed by atoms with Crippen molar-refractivity contribution in [3.63, 3.8) is 0 Å². The van der Waals surface area contributed by atoms with Crippen molar-refractivity contribution in [3.8, 4) is 0 Å². The van der Waals surface area contributed by atoms with Crippen molar-refractivity contribution in [2.24, 2.45) is 0 Å². The number of alkyl halides is 3. The number of carboxylic acids is 1. The van der Waals surface area contributed by atoms with Crippen LogP contribution in [0, 0.1) is 0 Å². The van der Waals surface area contributed by atoms with Gasteiger partial charge in [0.25, 0.3) is 0 Å². The molecule has 0 unspecified atom stereocenters. The van der Waals surface area contributed by atoms with E-state index in [1.807, 2.05) is 0 Å². The minimum atomic E-state index is -4.47. The first-order chi connectivity index (χ1) is 14.5. The van der Waals surface area contributed by atoms with Crippen molar-refractivity contribution in [1.29, 1.82) is 0 Å². The number of amides is 1. The van der Waals surface area contributed by atoms with E-state index in [0.717, 1.165) is 12.1 Å². The topological polar surface area (TPSA) is 84.9 Å². The maximum atomic E-state index is 12.7. The molecular weight excluding hydrogens is 415 g/mol. The maximum Gasteiger partial charge on any atom is 0.416 e. The fraction of sp³-hybridized carbons (Fsp3) is 0.364. The molecule has 1 amide bonds. The van der Waals surface area contributed by atoms with Gasteiger partial charge in [-0.3, -0.25) is 4.79 Å². The molecule has 9 heteroatoms. The molecule has 0 aliphatic rings. The Labute approximate surface area is 178 Å². The van der Waals surface area contributed by atoms with E-state index in [2.05, 4.69) is 5.32 Å². The molecule has 168 valence electrons. The molecule has 2 N–H and O–H groups in total. The number of hydrogen-bond donors (Lipinski definition) is 2. The molecule has 0 bridgehead atoms. The van der Waals surface area contributed by atoms with Crippen molar-refractivity contribution in [3.05, 3.63) is 70.8 Å². The van der Waals surface area contributed by atoms with Crippen molar-refractivity contribution in [1.82, 2.24) is 5.32 Å². The number of carbonyl (C=O) groups is 2. The molecule has 0 fully saturated rings. The molecule has 2 rings (SSSR count). The number of carbonyl (C=O) groups excluding carboxylic acids is 1. The Bertz CT molecular complexity index is 899. The molecule has 0 aliphatic heterocycles. The first-order valence-corrected chi connectivity index (χ1v) is 9.57. The van der Waals surface area contributed by atoms with Gasteiger partial charge in [0.15, 0.2) is 0 Å². The second kappa shape index (κ2) is 10.8. The van der Waals surface area contributed by atoms with E-state index in [-0.39, 0.29) is 31.2 Å². The molecule has 31 heavy (non-hydrogen) atoms. The van der Waals surface area contributed by atoms with Gasteiger partial charge in [-0.1, -0.05) is 36.4 Å². The van der Waals surface area contributed by atoms with E-state index in [4.69, 9.17) is 14.6 Å². The molecular formula is C22H24F3NO5. The summed E-state index contributed by atoms with van der Waals surface area (Å²) in [5, 5.41) is 11.6. The van der Waals surface area contributed by atoms with E-state index >= 15 is 0 Å². The lowest BCUT2D eigenvalue weighted by molar-refractivity contribution is -0.141. The van der Waals surface area contributed by atoms with Gasteiger partial charge in [-0.05, 0) is 42.7 Å². The van der Waals surface area contributed by atoms with Gasteiger partial charge >= 0.3 is 18.2 Å². The molecule has 0 saturated heterocycles. The molecule has 0 radical (unpaired) electrons. The van der Waals surface area contributed by atoms with Crippen LogP contribution < -0.4 is 5.32 Å². The Morgan fingerprint density at radius 1 is 1.06 bits per heavy atom. The Morgan fingerprint density at radius 3 is 2.39 bits per heavy atom. The largest absolute Gasteiger partial charge is 0.481 e. The highest BCUT2D eigenvalue weighted by Gasteiger charge is 2.30. The lowest BCUT2D eigenvalue weighted by Gasteiger charge is -2.20. The molecule has 0 saturated carbocycles. The highest BCUT2D eigenvalue weighted by molar-refractivity contribution is 5.68. The standard InChI is InChI=1S/C22H24F3NO5/c1-14(2)31-19(11-20(27)28)17-7-3-5-15(9-17)12-26-21(29)30-13-16-6-4-8-18(10-16)22(23,24)25/h3-10,14,19H,11-13H2,1-2H3,(H,26,29)(H,27,28)/t19-/m0/s1. The first-order valence-electron chi connectivity index (χ1n) is 9.57. The van der Waals surface area contributed by atoms with Gasteiger partial charge in [-0.15, -0.1) is 0 Å². The number of rotatable bonds is 9. The van der Waals surface area contributed by atoms with Crippen LogP contribution in [0.25, 0.3) is 0 Å². The predicted molar refractivity (Wildman–Crippen MR) is 106 cm³/mol. The fourth-order valence-corrected chi connectivity index (χ4v) is 2.85. The molecule has 0 aliphatic carbocycles. The zero-order chi connectivity index (χ0) is 23.0. The monoisotopic (exact) mass is 439 g/mol. The van der Waals surface area contributed by atoms with E-state index in [1.165, 1.54) is 12.1 Å². The zero-order valence-electron chi connectivity index (χ0n) is 17.1. The van der Waals surface area contributed by atoms with Crippen molar-refractivity contribution in [2.45, 2.75) is 51.8 Å². The summed E-state index contributed by atoms with van der Waals surface area (Å²) in [6, 6.07) is 11.5. The maximum absolute atomic E-state index is 12.7. The minimum Gasteiger partial charge on any atom is -0.481 e. The van der Waals surface area contributed by atoms with Gasteiger partial charge in [0.05, 0.1) is 24.2 Å². The van der Waals surface area contributed by atoms with E-state index in [9.17, 15) is 22.8 Å². The zero-order valence-corrected chi connectivity index (χ0v) is 17.1. The normalized spacial score (nSPS) is 12.5. The third-order valence-electron chi connectivity index (χ3n) is 4.18. The van der Waals surface area contributed by atoms with Crippen LogP contribution in [-0.2, 0) is 33.6 Å². The number of ether oxygens (including phenoxy) is 2. The number of alkyl carbamates (subject to hydrolysis) is 1. The number of benzene rings is 2. The third-order valence-corrected chi connectivity index (χ3v) is 4.18. The van der Waals surface area contributed by atoms with Gasteiger partial charge in [0.1, 0.15) is 6.61 Å². The number of aliphatic carboxylic acids is 1. The van der Waals surface area contributed by atoms with Crippen molar-refractivity contribution >= 4 is 12.1 Å². The lowest BCUT2D eigenvalue weighted by atomic mass is 10.0. The second-order valence-electron chi connectivity index (χ2n) is 7.14. The molecule has 0 heterocycles. The highest BCUT2D eigenvalue weighted by atomic mass is 19.4. The van der Waals surface area contributed by atoms with Crippen LogP contribution in [0.15, 0.2) is 48.5 Å². The molecule has 0 spiro atoms. The summed E-state index contributed by atoms with van der Waals surface area (Å²) in [7, 11) is 0. The van der Waals surface area contributed by atoms with Crippen LogP contribution in [0.5, 0.6) is 0 Å². The molecule has 1 atom stereocenters. The van der Waals surface area contributed by atoms with Crippen LogP contribution in [0.3, 0.4) is 0 Å². The number of carboxylic acid groups (broad SMARTS) is 1. The number of nitrogens with one attached hydrogen (secondary N) is 1. The summed E-state index contributed by atoms with van der Waals surface area (Å²) < 4.78 is 48.9. The number of halogens is 3. The van der Waals surface area contributed by atoms with Gasteiger partial charge < -0.3 is 19.9 Å². The van der Waals surface area contributed by atoms with Crippen molar-refractivity contribution < 1.29 is 37.3 Å². The SMILES string of the molecule is CC(C)O[C@@H](CC(=O)O)c1cccc(CNC(=O)OCc2cccc(C(F)(F)F)c2)c1. The Hall–Kier alpha value is -3.07. The van der Waals surface area contributed by atoms with Crippen LogP contribution in [0.2, 0.25) is 0 Å². The van der Waals surface area contributed by atoms with E-state index in [0.29, 0.717) is 11.1 Å². The smallest absolute Gasteiger partial charge is 0.416 e. The molecule has 2 aromatic carbocycles. The first kappa shape index (κ1) is 24.2. The summed E-state index contributed by atoms with van der Waals surface area (Å²) in [4.78, 5) is 23.0. The van der Waals surface area contributed by atoms with Crippen molar-refractivity contribution in [2.75, 3.05) is 0 Å². The average Bonchev–Trinajstić information content (AvgIpc) is 2.69. The summed E-state index contributed by atoms with van der Waals surface area (Å²) >= 11 is 0. The molecule has 6 nitrogen and oxygen atoms in total. The van der Waals surface area contributed by atoms with E-state index < -0.39 is 29.9 Å². The lowest BCUT2D eigenvalue weighted by Crippen LogP contribution is -2.24. The van der Waals surface area contributed by atoms with Gasteiger partial charge in [0.2, 0.25) is 0 Å². The van der Waals surface area contributed by atoms with Crippen LogP contribution in [-0.4, -0.2) is 23.3 Å². The second-order valence-corrected chi connectivity index (χ2v) is 7.14.